The third-order valence-electron chi connectivity index (χ3n) is 3.47. The van der Waals surface area contributed by atoms with Crippen molar-refractivity contribution in [2.24, 2.45) is 5.92 Å². The molecule has 7 nitrogen and oxygen atoms in total. The molecule has 7 heteroatoms. The van der Waals surface area contributed by atoms with E-state index in [0.717, 1.165) is 25.7 Å². The fraction of sp³-hybridized carbons (Fsp3) is 0.769. The fourth-order valence-electron chi connectivity index (χ4n) is 2.40. The summed E-state index contributed by atoms with van der Waals surface area (Å²) in [6.45, 7) is 2.13. The molecule has 20 heavy (non-hydrogen) atoms. The monoisotopic (exact) mass is 286 g/mol. The van der Waals surface area contributed by atoms with E-state index >= 15 is 0 Å². The van der Waals surface area contributed by atoms with Crippen LogP contribution in [0.15, 0.2) is 0 Å². The summed E-state index contributed by atoms with van der Waals surface area (Å²) in [5.41, 5.74) is 0. The molecule has 0 bridgehead atoms. The summed E-state index contributed by atoms with van der Waals surface area (Å²) in [6, 6.07) is -1.77. The van der Waals surface area contributed by atoms with Gasteiger partial charge in [-0.05, 0) is 18.8 Å². The zero-order valence-corrected chi connectivity index (χ0v) is 11.8. The van der Waals surface area contributed by atoms with Crippen LogP contribution in [0.1, 0.15) is 39.0 Å². The van der Waals surface area contributed by atoms with Crippen molar-refractivity contribution in [3.8, 4) is 0 Å². The molecule has 0 saturated heterocycles. The van der Waals surface area contributed by atoms with Gasteiger partial charge in [-0.1, -0.05) is 19.8 Å². The Balaban J connectivity index is 2.45. The van der Waals surface area contributed by atoms with Crippen LogP contribution in [0.3, 0.4) is 0 Å². The SMILES string of the molecule is COC(=O)C[C@H](NC(=O)NC1CCCC(C)C1)C(=O)O. The van der Waals surface area contributed by atoms with Crippen LogP contribution in [0, 0.1) is 5.92 Å². The molecule has 0 spiro atoms. The number of hydrogen-bond acceptors (Lipinski definition) is 4. The van der Waals surface area contributed by atoms with Crippen molar-refractivity contribution in [3.63, 3.8) is 0 Å². The van der Waals surface area contributed by atoms with Crippen molar-refractivity contribution in [1.82, 2.24) is 10.6 Å². The molecule has 1 aliphatic rings. The van der Waals surface area contributed by atoms with Crippen molar-refractivity contribution >= 4 is 18.0 Å². The molecule has 0 aromatic heterocycles. The van der Waals surface area contributed by atoms with Crippen LogP contribution in [-0.4, -0.2) is 42.3 Å². The standard InChI is InChI=1S/C13H22N2O5/c1-8-4-3-5-9(6-8)14-13(19)15-10(12(17)18)7-11(16)20-2/h8-10H,3-7H2,1-2H3,(H,17,18)(H2,14,15,19)/t8?,9?,10-/m0/s1. The van der Waals surface area contributed by atoms with E-state index in [0.29, 0.717) is 5.92 Å². The number of hydrogen-bond donors (Lipinski definition) is 3. The summed E-state index contributed by atoms with van der Waals surface area (Å²) >= 11 is 0. The molecular formula is C13H22N2O5. The van der Waals surface area contributed by atoms with E-state index in [1.165, 1.54) is 7.11 Å². The Morgan fingerprint density at radius 3 is 2.60 bits per heavy atom. The Morgan fingerprint density at radius 2 is 2.05 bits per heavy atom. The average molecular weight is 286 g/mol. The molecule has 0 heterocycles. The highest BCUT2D eigenvalue weighted by Gasteiger charge is 2.26. The Morgan fingerprint density at radius 1 is 1.35 bits per heavy atom. The van der Waals surface area contributed by atoms with Crippen LogP contribution in [-0.2, 0) is 14.3 Å². The number of ether oxygens (including phenoxy) is 1. The molecule has 1 aliphatic carbocycles. The molecule has 3 N–H and O–H groups in total. The van der Waals surface area contributed by atoms with Crippen LogP contribution < -0.4 is 10.6 Å². The molecule has 2 amide bonds. The summed E-state index contributed by atoms with van der Waals surface area (Å²) in [6.07, 6.45) is 3.60. The van der Waals surface area contributed by atoms with Gasteiger partial charge >= 0.3 is 18.0 Å². The quantitative estimate of drug-likeness (QED) is 0.651. The molecule has 0 aliphatic heterocycles. The Labute approximate surface area is 118 Å². The van der Waals surface area contributed by atoms with Crippen LogP contribution in [0.2, 0.25) is 0 Å². The minimum absolute atomic E-state index is 0.0614. The first-order valence-corrected chi connectivity index (χ1v) is 6.79. The summed E-state index contributed by atoms with van der Waals surface area (Å²) in [7, 11) is 1.17. The van der Waals surface area contributed by atoms with Gasteiger partial charge in [0.1, 0.15) is 6.04 Å². The first kappa shape index (κ1) is 16.3. The lowest BCUT2D eigenvalue weighted by molar-refractivity contribution is -0.147. The van der Waals surface area contributed by atoms with Gasteiger partial charge in [-0.25, -0.2) is 9.59 Å². The van der Waals surface area contributed by atoms with Gasteiger partial charge in [0.25, 0.3) is 0 Å². The first-order valence-electron chi connectivity index (χ1n) is 6.79. The van der Waals surface area contributed by atoms with Crippen molar-refractivity contribution in [2.75, 3.05) is 7.11 Å². The molecule has 1 fully saturated rings. The molecule has 2 unspecified atom stereocenters. The van der Waals surface area contributed by atoms with Gasteiger partial charge in [-0.15, -0.1) is 0 Å². The van der Waals surface area contributed by atoms with E-state index in [1.807, 2.05) is 0 Å². The van der Waals surface area contributed by atoms with E-state index < -0.39 is 24.0 Å². The second-order valence-corrected chi connectivity index (χ2v) is 5.26. The number of carbonyl (C=O) groups excluding carboxylic acids is 2. The zero-order valence-electron chi connectivity index (χ0n) is 11.8. The summed E-state index contributed by atoms with van der Waals surface area (Å²) < 4.78 is 4.40. The van der Waals surface area contributed by atoms with E-state index in [1.54, 1.807) is 0 Å². The Kier molecular flexibility index (Phi) is 6.27. The number of nitrogens with one attached hydrogen (secondary N) is 2. The zero-order chi connectivity index (χ0) is 15.1. The normalized spacial score (nSPS) is 23.5. The largest absolute Gasteiger partial charge is 0.480 e. The third-order valence-corrected chi connectivity index (χ3v) is 3.47. The highest BCUT2D eigenvalue weighted by molar-refractivity contribution is 5.86. The number of esters is 1. The molecular weight excluding hydrogens is 264 g/mol. The van der Waals surface area contributed by atoms with Crippen LogP contribution in [0.25, 0.3) is 0 Å². The number of rotatable bonds is 5. The maximum Gasteiger partial charge on any atom is 0.326 e. The Bertz CT molecular complexity index is 372. The maximum atomic E-state index is 11.8. The number of aliphatic carboxylic acids is 1. The minimum atomic E-state index is -1.27. The highest BCUT2D eigenvalue weighted by atomic mass is 16.5. The molecule has 0 aromatic carbocycles. The van der Waals surface area contributed by atoms with Gasteiger partial charge in [0.05, 0.1) is 13.5 Å². The number of carbonyl (C=O) groups is 3. The molecule has 0 radical (unpaired) electrons. The average Bonchev–Trinajstić information content (AvgIpc) is 2.37. The van der Waals surface area contributed by atoms with Gasteiger partial charge in [0, 0.05) is 6.04 Å². The van der Waals surface area contributed by atoms with Gasteiger partial charge in [0.15, 0.2) is 0 Å². The predicted octanol–water partition coefficient (Wildman–Crippen LogP) is 0.881. The van der Waals surface area contributed by atoms with E-state index in [2.05, 4.69) is 22.3 Å². The lowest BCUT2D eigenvalue weighted by Gasteiger charge is -2.28. The number of carboxylic acid groups (broad SMARTS) is 1. The van der Waals surface area contributed by atoms with Crippen molar-refractivity contribution < 1.29 is 24.2 Å². The minimum Gasteiger partial charge on any atom is -0.480 e. The van der Waals surface area contributed by atoms with Crippen LogP contribution in [0.5, 0.6) is 0 Å². The number of methoxy groups -OCH3 is 1. The van der Waals surface area contributed by atoms with Crippen LogP contribution in [0.4, 0.5) is 4.79 Å². The summed E-state index contributed by atoms with van der Waals surface area (Å²) in [4.78, 5) is 33.8. The number of amides is 2. The van der Waals surface area contributed by atoms with E-state index in [-0.39, 0.29) is 12.5 Å². The smallest absolute Gasteiger partial charge is 0.326 e. The number of carboxylic acids is 1. The summed E-state index contributed by atoms with van der Waals surface area (Å²) in [5.74, 6) is -1.38. The molecule has 0 aromatic rings. The van der Waals surface area contributed by atoms with Crippen molar-refractivity contribution in [2.45, 2.75) is 51.1 Å². The van der Waals surface area contributed by atoms with Crippen molar-refractivity contribution in [3.05, 3.63) is 0 Å². The predicted molar refractivity (Wildman–Crippen MR) is 71.1 cm³/mol. The van der Waals surface area contributed by atoms with Crippen LogP contribution >= 0.6 is 0 Å². The van der Waals surface area contributed by atoms with Crippen molar-refractivity contribution in [1.29, 1.82) is 0 Å². The fourth-order valence-corrected chi connectivity index (χ4v) is 2.40. The van der Waals surface area contributed by atoms with Gasteiger partial charge in [0.2, 0.25) is 0 Å². The third kappa shape index (κ3) is 5.46. The lowest BCUT2D eigenvalue weighted by Crippen LogP contribution is -2.50. The number of urea groups is 1. The Hall–Kier alpha value is -1.79. The van der Waals surface area contributed by atoms with Gasteiger partial charge < -0.3 is 20.5 Å². The molecule has 114 valence electrons. The topological polar surface area (TPSA) is 105 Å². The van der Waals surface area contributed by atoms with E-state index in [4.69, 9.17) is 5.11 Å². The second-order valence-electron chi connectivity index (χ2n) is 5.26. The second kappa shape index (κ2) is 7.72. The molecule has 1 rings (SSSR count). The molecule has 3 atom stereocenters. The van der Waals surface area contributed by atoms with E-state index in [9.17, 15) is 14.4 Å². The molecule has 1 saturated carbocycles. The highest BCUT2D eigenvalue weighted by Crippen LogP contribution is 2.23. The van der Waals surface area contributed by atoms with Gasteiger partial charge in [-0.2, -0.15) is 0 Å². The summed E-state index contributed by atoms with van der Waals surface area (Å²) in [5, 5.41) is 14.0. The lowest BCUT2D eigenvalue weighted by atomic mass is 9.87. The van der Waals surface area contributed by atoms with Gasteiger partial charge in [-0.3, -0.25) is 4.79 Å². The first-order chi connectivity index (χ1) is 9.42. The maximum absolute atomic E-state index is 11.8.